The standard InChI is InChI=1S/C16H14N2O2/c1-17(2)11-7-9-18(10-8-11)14-15(19)12-5-3-4-6-13(12)16(14)20/h3-10H,1-2H3. The maximum atomic E-state index is 12.3. The molecule has 1 aromatic heterocycles. The van der Waals surface area contributed by atoms with Gasteiger partial charge in [0.1, 0.15) is 0 Å². The van der Waals surface area contributed by atoms with Gasteiger partial charge in [-0.25, -0.2) is 0 Å². The minimum absolute atomic E-state index is 0.191. The molecule has 1 heterocycles. The molecule has 0 fully saturated rings. The number of hydrogen-bond acceptors (Lipinski definition) is 3. The Morgan fingerprint density at radius 1 is 1.00 bits per heavy atom. The molecule has 3 rings (SSSR count). The molecular weight excluding hydrogens is 252 g/mol. The number of hydrogen-bond donors (Lipinski definition) is 0. The Morgan fingerprint density at radius 2 is 1.60 bits per heavy atom. The van der Waals surface area contributed by atoms with Crippen molar-refractivity contribution < 1.29 is 14.5 Å². The summed E-state index contributed by atoms with van der Waals surface area (Å²) in [5, 5.41) is 12.3. The minimum Gasteiger partial charge on any atom is -0.867 e. The number of benzene rings is 1. The van der Waals surface area contributed by atoms with Crippen molar-refractivity contribution in [2.75, 3.05) is 19.0 Å². The number of anilines is 1. The number of fused-ring (bicyclic) bond motifs is 1. The number of allylic oxidation sites excluding steroid dienone is 1. The molecule has 0 N–H and O–H groups in total. The second kappa shape index (κ2) is 4.49. The predicted octanol–water partition coefficient (Wildman–Crippen LogP) is 0.922. The molecule has 2 aromatic rings. The van der Waals surface area contributed by atoms with E-state index in [9.17, 15) is 9.90 Å². The maximum absolute atomic E-state index is 12.3. The van der Waals surface area contributed by atoms with E-state index in [2.05, 4.69) is 0 Å². The van der Waals surface area contributed by atoms with Crippen LogP contribution in [0.1, 0.15) is 15.9 Å². The second-order valence-corrected chi connectivity index (χ2v) is 4.91. The first kappa shape index (κ1) is 12.4. The van der Waals surface area contributed by atoms with Gasteiger partial charge < -0.3 is 10.0 Å². The van der Waals surface area contributed by atoms with E-state index in [1.54, 1.807) is 41.2 Å². The topological polar surface area (TPSA) is 47.2 Å². The molecule has 0 radical (unpaired) electrons. The quantitative estimate of drug-likeness (QED) is 0.759. The Bertz CT molecular complexity index is 716. The first-order chi connectivity index (χ1) is 9.59. The van der Waals surface area contributed by atoms with E-state index < -0.39 is 0 Å². The number of rotatable bonds is 2. The summed E-state index contributed by atoms with van der Waals surface area (Å²) in [4.78, 5) is 14.3. The molecule has 0 bridgehead atoms. The van der Waals surface area contributed by atoms with E-state index in [1.807, 2.05) is 31.1 Å². The van der Waals surface area contributed by atoms with Gasteiger partial charge in [0, 0.05) is 37.5 Å². The van der Waals surface area contributed by atoms with Crippen LogP contribution in [-0.2, 0) is 0 Å². The molecule has 1 aliphatic rings. The zero-order valence-electron chi connectivity index (χ0n) is 11.3. The van der Waals surface area contributed by atoms with E-state index in [0.717, 1.165) is 5.69 Å². The number of pyridine rings is 1. The Labute approximate surface area is 117 Å². The van der Waals surface area contributed by atoms with Crippen LogP contribution in [0.5, 0.6) is 0 Å². The van der Waals surface area contributed by atoms with Gasteiger partial charge in [-0.1, -0.05) is 24.3 Å². The summed E-state index contributed by atoms with van der Waals surface area (Å²) in [5.41, 5.74) is 2.17. The van der Waals surface area contributed by atoms with Crippen molar-refractivity contribution in [2.45, 2.75) is 0 Å². The van der Waals surface area contributed by atoms with Gasteiger partial charge >= 0.3 is 0 Å². The van der Waals surface area contributed by atoms with Crippen molar-refractivity contribution in [3.8, 4) is 0 Å². The summed E-state index contributed by atoms with van der Waals surface area (Å²) in [6.45, 7) is 0. The lowest BCUT2D eigenvalue weighted by Gasteiger charge is -2.11. The molecule has 0 saturated carbocycles. The number of carbonyl (C=O) groups is 1. The fourth-order valence-electron chi connectivity index (χ4n) is 2.34. The van der Waals surface area contributed by atoms with Crippen molar-refractivity contribution in [2.24, 2.45) is 0 Å². The zero-order chi connectivity index (χ0) is 14.3. The van der Waals surface area contributed by atoms with Crippen LogP contribution in [0.25, 0.3) is 11.5 Å². The zero-order valence-corrected chi connectivity index (χ0v) is 11.3. The Balaban J connectivity index is 2.08. The summed E-state index contributed by atoms with van der Waals surface area (Å²) < 4.78 is 1.59. The van der Waals surface area contributed by atoms with Crippen molar-refractivity contribution in [3.63, 3.8) is 0 Å². The lowest BCUT2D eigenvalue weighted by Crippen LogP contribution is -2.36. The first-order valence-electron chi connectivity index (χ1n) is 6.34. The Morgan fingerprint density at radius 3 is 2.15 bits per heavy atom. The van der Waals surface area contributed by atoms with Gasteiger partial charge in [0.05, 0.1) is 0 Å². The first-order valence-corrected chi connectivity index (χ1v) is 6.34. The van der Waals surface area contributed by atoms with Crippen molar-refractivity contribution in [3.05, 3.63) is 59.9 Å². The molecule has 1 aliphatic carbocycles. The van der Waals surface area contributed by atoms with E-state index in [0.29, 0.717) is 11.1 Å². The third-order valence-corrected chi connectivity index (χ3v) is 3.43. The SMILES string of the molecule is CN(C)c1cc[n+](C2=C([O-])c3ccccc3C2=O)cc1. The highest BCUT2D eigenvalue weighted by Gasteiger charge is 2.31. The average Bonchev–Trinajstić information content (AvgIpc) is 2.72. The van der Waals surface area contributed by atoms with Crippen LogP contribution in [0.2, 0.25) is 0 Å². The molecular formula is C16H14N2O2. The van der Waals surface area contributed by atoms with Crippen LogP contribution in [0.3, 0.4) is 0 Å². The van der Waals surface area contributed by atoms with Gasteiger partial charge in [0.25, 0.3) is 11.5 Å². The van der Waals surface area contributed by atoms with E-state index in [1.165, 1.54) is 0 Å². The number of ketones is 1. The number of carbonyl (C=O) groups excluding carboxylic acids is 1. The molecule has 0 unspecified atom stereocenters. The van der Waals surface area contributed by atoms with Crippen LogP contribution in [0.15, 0.2) is 48.8 Å². The fraction of sp³-hybridized carbons (Fsp3) is 0.125. The van der Waals surface area contributed by atoms with Crippen molar-refractivity contribution in [1.29, 1.82) is 0 Å². The molecule has 4 heteroatoms. The largest absolute Gasteiger partial charge is 0.867 e. The van der Waals surface area contributed by atoms with Crippen LogP contribution in [0, 0.1) is 0 Å². The molecule has 0 spiro atoms. The van der Waals surface area contributed by atoms with Gasteiger partial charge in [0.2, 0.25) is 0 Å². The number of Topliss-reactive ketones (excluding diaryl/α,β-unsaturated/α-hetero) is 1. The fourth-order valence-corrected chi connectivity index (χ4v) is 2.34. The van der Waals surface area contributed by atoms with Crippen molar-refractivity contribution in [1.82, 2.24) is 0 Å². The monoisotopic (exact) mass is 266 g/mol. The predicted molar refractivity (Wildman–Crippen MR) is 74.8 cm³/mol. The molecule has 100 valence electrons. The lowest BCUT2D eigenvalue weighted by molar-refractivity contribution is -0.578. The van der Waals surface area contributed by atoms with Gasteiger partial charge in [-0.15, -0.1) is 0 Å². The Kier molecular flexibility index (Phi) is 2.79. The highest BCUT2D eigenvalue weighted by atomic mass is 16.3. The molecule has 20 heavy (non-hydrogen) atoms. The summed E-state index contributed by atoms with van der Waals surface area (Å²) >= 11 is 0. The van der Waals surface area contributed by atoms with Gasteiger partial charge in [-0.05, 0) is 11.3 Å². The van der Waals surface area contributed by atoms with Gasteiger partial charge in [-0.2, -0.15) is 4.57 Å². The molecule has 0 amide bonds. The summed E-state index contributed by atoms with van der Waals surface area (Å²) in [6, 6.07) is 10.7. The smallest absolute Gasteiger partial charge is 0.257 e. The molecule has 4 nitrogen and oxygen atoms in total. The highest BCUT2D eigenvalue weighted by molar-refractivity contribution is 6.32. The third-order valence-electron chi connectivity index (χ3n) is 3.43. The highest BCUT2D eigenvalue weighted by Crippen LogP contribution is 2.28. The lowest BCUT2D eigenvalue weighted by atomic mass is 10.1. The van der Waals surface area contributed by atoms with E-state index >= 15 is 0 Å². The average molecular weight is 266 g/mol. The van der Waals surface area contributed by atoms with Gasteiger partial charge in [0.15, 0.2) is 12.4 Å². The third kappa shape index (κ3) is 1.77. The van der Waals surface area contributed by atoms with Crippen LogP contribution in [0.4, 0.5) is 5.69 Å². The van der Waals surface area contributed by atoms with Crippen LogP contribution >= 0.6 is 0 Å². The molecule has 0 aliphatic heterocycles. The van der Waals surface area contributed by atoms with E-state index in [4.69, 9.17) is 0 Å². The van der Waals surface area contributed by atoms with Crippen molar-refractivity contribution >= 4 is 22.9 Å². The molecule has 0 atom stereocenters. The normalized spacial score (nSPS) is 13.6. The Hall–Kier alpha value is -2.62. The summed E-state index contributed by atoms with van der Waals surface area (Å²) in [6.07, 6.45) is 3.48. The number of nitrogens with zero attached hydrogens (tertiary/aromatic N) is 2. The molecule has 1 aromatic carbocycles. The van der Waals surface area contributed by atoms with Gasteiger partial charge in [-0.3, -0.25) is 4.79 Å². The van der Waals surface area contributed by atoms with Crippen LogP contribution in [-0.4, -0.2) is 19.9 Å². The summed E-state index contributed by atoms with van der Waals surface area (Å²) in [5.74, 6) is -0.429. The summed E-state index contributed by atoms with van der Waals surface area (Å²) in [7, 11) is 3.88. The van der Waals surface area contributed by atoms with Crippen LogP contribution < -0.4 is 14.6 Å². The molecule has 0 saturated heterocycles. The maximum Gasteiger partial charge on any atom is 0.257 e. The number of aromatic nitrogens is 1. The van der Waals surface area contributed by atoms with E-state index in [-0.39, 0.29) is 17.2 Å². The second-order valence-electron chi connectivity index (χ2n) is 4.91. The minimum atomic E-state index is -0.215.